The molecule has 7 heteroatoms. The van der Waals surface area contributed by atoms with Crippen molar-refractivity contribution in [2.45, 2.75) is 96.9 Å². The van der Waals surface area contributed by atoms with Gasteiger partial charge in [0.15, 0.2) is 0 Å². The highest BCUT2D eigenvalue weighted by Gasteiger charge is 2.21. The fourth-order valence-electron chi connectivity index (χ4n) is 4.06. The molecule has 0 unspecified atom stereocenters. The Morgan fingerprint density at radius 3 is 1.91 bits per heavy atom. The maximum Gasteiger partial charge on any atom is 0.326 e. The predicted molar refractivity (Wildman–Crippen MR) is 177 cm³/mol. The summed E-state index contributed by atoms with van der Waals surface area (Å²) >= 11 is 0. The van der Waals surface area contributed by atoms with E-state index in [1.165, 1.54) is 0 Å². The lowest BCUT2D eigenvalue weighted by atomic mass is 10.1. The van der Waals surface area contributed by atoms with E-state index in [1.54, 1.807) is 18.3 Å². The lowest BCUT2D eigenvalue weighted by Crippen LogP contribution is -2.41. The summed E-state index contributed by atoms with van der Waals surface area (Å²) in [6.45, 7) is 4.52. The van der Waals surface area contributed by atoms with Crippen molar-refractivity contribution in [2.75, 3.05) is 6.54 Å². The van der Waals surface area contributed by atoms with Crippen LogP contribution in [0.1, 0.15) is 101 Å². The number of hydrogen-bond acceptors (Lipinski definition) is 4. The molecular formula is C36H51N3O4. The summed E-state index contributed by atoms with van der Waals surface area (Å²) < 4.78 is 0. The first-order valence-corrected chi connectivity index (χ1v) is 15.6. The Labute approximate surface area is 258 Å². The third-order valence-electron chi connectivity index (χ3n) is 6.45. The maximum atomic E-state index is 12.5. The number of carbonyl (C=O) groups is 3. The molecule has 7 nitrogen and oxygen atoms in total. The molecule has 1 aromatic rings. The van der Waals surface area contributed by atoms with Gasteiger partial charge in [-0.2, -0.15) is 0 Å². The lowest BCUT2D eigenvalue weighted by molar-refractivity contribution is -0.139. The van der Waals surface area contributed by atoms with Gasteiger partial charge in [-0.1, -0.05) is 86.8 Å². The van der Waals surface area contributed by atoms with Gasteiger partial charge in [-0.15, -0.1) is 0 Å². The number of carbonyl (C=O) groups excluding carboxylic acids is 2. The molecule has 0 spiro atoms. The summed E-state index contributed by atoms with van der Waals surface area (Å²) in [6.07, 6.45) is 36.4. The van der Waals surface area contributed by atoms with E-state index >= 15 is 0 Å². The van der Waals surface area contributed by atoms with Crippen molar-refractivity contribution in [1.82, 2.24) is 15.6 Å². The minimum absolute atomic E-state index is 0.0220. The van der Waals surface area contributed by atoms with Gasteiger partial charge >= 0.3 is 5.97 Å². The highest BCUT2D eigenvalue weighted by molar-refractivity contribution is 5.97. The molecule has 1 atom stereocenters. The molecule has 1 heterocycles. The van der Waals surface area contributed by atoms with Crippen LogP contribution in [0.3, 0.4) is 0 Å². The zero-order chi connectivity index (χ0) is 31.4. The van der Waals surface area contributed by atoms with Crippen molar-refractivity contribution in [3.63, 3.8) is 0 Å². The second-order valence-corrected chi connectivity index (χ2v) is 10.0. The van der Waals surface area contributed by atoms with Crippen LogP contribution in [0.15, 0.2) is 91.2 Å². The highest BCUT2D eigenvalue weighted by atomic mass is 16.4. The Balaban J connectivity index is 2.10. The van der Waals surface area contributed by atoms with E-state index in [4.69, 9.17) is 0 Å². The van der Waals surface area contributed by atoms with Gasteiger partial charge < -0.3 is 15.7 Å². The van der Waals surface area contributed by atoms with E-state index in [9.17, 15) is 19.5 Å². The van der Waals surface area contributed by atoms with Gasteiger partial charge in [0.1, 0.15) is 6.04 Å². The average Bonchev–Trinajstić information content (AvgIpc) is 3.01. The van der Waals surface area contributed by atoms with E-state index in [1.807, 2.05) is 13.0 Å². The van der Waals surface area contributed by atoms with Gasteiger partial charge in [0, 0.05) is 19.2 Å². The molecule has 0 radical (unpaired) electrons. The number of nitrogens with zero attached hydrogens (tertiary/aromatic N) is 1. The molecule has 0 aliphatic carbocycles. The zero-order valence-corrected chi connectivity index (χ0v) is 26.0. The first kappa shape index (κ1) is 37.0. The van der Waals surface area contributed by atoms with Crippen molar-refractivity contribution in [2.24, 2.45) is 0 Å². The number of amides is 2. The Bertz CT molecular complexity index is 1120. The molecule has 0 bridgehead atoms. The average molecular weight is 590 g/mol. The number of nitrogens with one attached hydrogen (secondary N) is 2. The van der Waals surface area contributed by atoms with Crippen LogP contribution in [-0.4, -0.2) is 40.5 Å². The van der Waals surface area contributed by atoms with Crippen LogP contribution < -0.4 is 10.6 Å². The van der Waals surface area contributed by atoms with E-state index in [0.29, 0.717) is 49.9 Å². The molecule has 0 aliphatic rings. The molecule has 0 saturated heterocycles. The van der Waals surface area contributed by atoms with E-state index < -0.39 is 17.9 Å². The number of hydrogen-bond donors (Lipinski definition) is 3. The summed E-state index contributed by atoms with van der Waals surface area (Å²) in [7, 11) is 0. The topological polar surface area (TPSA) is 108 Å². The Morgan fingerprint density at radius 1 is 0.814 bits per heavy atom. The summed E-state index contributed by atoms with van der Waals surface area (Å²) in [5.41, 5.74) is 1.03. The number of aromatic nitrogens is 1. The van der Waals surface area contributed by atoms with Gasteiger partial charge in [-0.25, -0.2) is 4.79 Å². The number of rotatable bonds is 23. The first-order chi connectivity index (χ1) is 21.0. The van der Waals surface area contributed by atoms with Crippen LogP contribution in [0.4, 0.5) is 0 Å². The lowest BCUT2D eigenvalue weighted by Gasteiger charge is -2.15. The van der Waals surface area contributed by atoms with Crippen molar-refractivity contribution in [1.29, 1.82) is 0 Å². The molecule has 1 aromatic heterocycles. The number of unbranched alkanes of at least 4 members (excludes halogenated alkanes) is 1. The predicted octanol–water partition coefficient (Wildman–Crippen LogP) is 7.59. The quantitative estimate of drug-likeness (QED) is 0.0900. The van der Waals surface area contributed by atoms with Crippen LogP contribution in [0.25, 0.3) is 0 Å². The smallest absolute Gasteiger partial charge is 0.326 e. The molecular weight excluding hydrogens is 538 g/mol. The van der Waals surface area contributed by atoms with E-state index in [0.717, 1.165) is 38.5 Å². The maximum absolute atomic E-state index is 12.5. The van der Waals surface area contributed by atoms with Crippen molar-refractivity contribution in [3.05, 3.63) is 102 Å². The van der Waals surface area contributed by atoms with Gasteiger partial charge in [-0.3, -0.25) is 14.6 Å². The van der Waals surface area contributed by atoms with Crippen LogP contribution in [0.2, 0.25) is 0 Å². The number of pyridine rings is 1. The molecule has 0 aromatic carbocycles. The fourth-order valence-corrected chi connectivity index (χ4v) is 4.06. The van der Waals surface area contributed by atoms with E-state index in [-0.39, 0.29) is 12.3 Å². The molecule has 0 aliphatic heterocycles. The van der Waals surface area contributed by atoms with E-state index in [2.05, 4.69) is 89.4 Å². The summed E-state index contributed by atoms with van der Waals surface area (Å²) in [4.78, 5) is 40.4. The number of allylic oxidation sites excluding steroid dienone is 12. The highest BCUT2D eigenvalue weighted by Crippen LogP contribution is 2.09. The first-order valence-electron chi connectivity index (χ1n) is 15.6. The van der Waals surface area contributed by atoms with Gasteiger partial charge in [0.25, 0.3) is 5.91 Å². The Kier molecular flexibility index (Phi) is 22.1. The SMILES string of the molecule is CC/C=C\C/C=C\C/C=C\C/C=C\C/C=C\C/C=C\CCC(=O)NCCCC[C@H](NC(=O)c1cccnc1CC)C(=O)O. The molecule has 1 rings (SSSR count). The summed E-state index contributed by atoms with van der Waals surface area (Å²) in [6, 6.07) is 2.32. The Hall–Kier alpha value is -4.00. The number of carboxylic acid groups (broad SMARTS) is 1. The molecule has 0 fully saturated rings. The normalized spacial score (nSPS) is 12.9. The fraction of sp³-hybridized carbons (Fsp3) is 0.444. The largest absolute Gasteiger partial charge is 0.480 e. The van der Waals surface area contributed by atoms with Gasteiger partial charge in [-0.05, 0) is 82.8 Å². The van der Waals surface area contributed by atoms with Crippen molar-refractivity contribution >= 4 is 17.8 Å². The number of aliphatic carboxylic acids is 1. The minimum atomic E-state index is -1.07. The third-order valence-corrected chi connectivity index (χ3v) is 6.45. The van der Waals surface area contributed by atoms with Crippen molar-refractivity contribution < 1.29 is 19.5 Å². The van der Waals surface area contributed by atoms with Crippen LogP contribution in [-0.2, 0) is 16.0 Å². The summed E-state index contributed by atoms with van der Waals surface area (Å²) in [5.74, 6) is -1.53. The summed E-state index contributed by atoms with van der Waals surface area (Å²) in [5, 5.41) is 15.0. The zero-order valence-electron chi connectivity index (χ0n) is 26.0. The van der Waals surface area contributed by atoms with Crippen LogP contribution in [0.5, 0.6) is 0 Å². The number of carboxylic acids is 1. The molecule has 3 N–H and O–H groups in total. The molecule has 234 valence electrons. The minimum Gasteiger partial charge on any atom is -0.480 e. The second-order valence-electron chi connectivity index (χ2n) is 10.0. The van der Waals surface area contributed by atoms with Crippen LogP contribution >= 0.6 is 0 Å². The molecule has 0 saturated carbocycles. The standard InChI is InChI=1S/C36H51N3O4/c1-3-5-6-7-8-9-10-11-12-13-14-15-16-17-18-19-20-21-22-28-34(40)38-29-24-23-27-33(36(42)43)39-35(41)31-26-25-30-37-32(31)4-2/h5-6,8-9,11-12,14-15,17-18,20-21,25-26,30,33H,3-4,7,10,13,16,19,22-24,27-29H2,1-2H3,(H,38,40)(H,39,41)(H,42,43)/b6-5-,9-8-,12-11-,15-14-,18-17-,21-20-/t33-/m0/s1. The molecule has 2 amide bonds. The second kappa shape index (κ2) is 25.7. The van der Waals surface area contributed by atoms with Gasteiger partial charge in [0.05, 0.1) is 11.3 Å². The third kappa shape index (κ3) is 19.7. The Morgan fingerprint density at radius 2 is 1.37 bits per heavy atom. The monoisotopic (exact) mass is 589 g/mol. The number of aryl methyl sites for hydroxylation is 1. The van der Waals surface area contributed by atoms with Gasteiger partial charge in [0.2, 0.25) is 5.91 Å². The van der Waals surface area contributed by atoms with Crippen LogP contribution in [0, 0.1) is 0 Å². The van der Waals surface area contributed by atoms with Crippen molar-refractivity contribution in [3.8, 4) is 0 Å². The molecule has 43 heavy (non-hydrogen) atoms.